The van der Waals surface area contributed by atoms with Gasteiger partial charge in [0.1, 0.15) is 29.6 Å². The van der Waals surface area contributed by atoms with Crippen molar-refractivity contribution in [3.05, 3.63) is 77.4 Å². The molecule has 9 nitrogen and oxygen atoms in total. The highest BCUT2D eigenvalue weighted by atomic mass is 16.8. The van der Waals surface area contributed by atoms with Gasteiger partial charge < -0.3 is 34.2 Å². The maximum absolute atomic E-state index is 13.4. The van der Waals surface area contributed by atoms with E-state index >= 15 is 0 Å². The number of methoxy groups -OCH3 is 1. The van der Waals surface area contributed by atoms with Gasteiger partial charge in [0, 0.05) is 24.8 Å². The Bertz CT molecular complexity index is 1260. The fourth-order valence-electron chi connectivity index (χ4n) is 4.66. The number of carbonyl (C=O) groups excluding carboxylic acids is 2. The number of benzene rings is 2. The van der Waals surface area contributed by atoms with Gasteiger partial charge in [0.15, 0.2) is 12.6 Å². The molecule has 5 atom stereocenters. The van der Waals surface area contributed by atoms with Crippen molar-refractivity contribution in [3.8, 4) is 5.75 Å². The summed E-state index contributed by atoms with van der Waals surface area (Å²) in [6, 6.07) is 12.0. The predicted octanol–water partition coefficient (Wildman–Crippen LogP) is 5.15. The van der Waals surface area contributed by atoms with E-state index in [0.29, 0.717) is 23.2 Å². The Kier molecular flexibility index (Phi) is 9.29. The van der Waals surface area contributed by atoms with Gasteiger partial charge in [-0.3, -0.25) is 0 Å². The second-order valence-corrected chi connectivity index (χ2v) is 10.4. The summed E-state index contributed by atoms with van der Waals surface area (Å²) >= 11 is 0. The van der Waals surface area contributed by atoms with Crippen LogP contribution in [0.25, 0.3) is 6.08 Å². The molecular formula is C31H37NO8. The Hall–Kier alpha value is -3.66. The molecule has 2 aliphatic heterocycles. The van der Waals surface area contributed by atoms with E-state index < -0.39 is 42.1 Å². The molecule has 0 radical (unpaired) electrons. The molecule has 2 unspecified atom stereocenters. The molecule has 1 saturated heterocycles. The molecule has 2 aromatic rings. The Morgan fingerprint density at radius 2 is 1.85 bits per heavy atom. The molecule has 0 aliphatic carbocycles. The van der Waals surface area contributed by atoms with E-state index in [9.17, 15) is 9.59 Å². The van der Waals surface area contributed by atoms with Gasteiger partial charge in [-0.05, 0) is 57.0 Å². The summed E-state index contributed by atoms with van der Waals surface area (Å²) in [6.45, 7) is 7.30. The summed E-state index contributed by atoms with van der Waals surface area (Å²) in [7, 11) is 1.49. The lowest BCUT2D eigenvalue weighted by molar-refractivity contribution is -0.152. The summed E-state index contributed by atoms with van der Waals surface area (Å²) < 4.78 is 35.0. The molecule has 2 N–H and O–H groups in total. The molecule has 2 heterocycles. The van der Waals surface area contributed by atoms with Gasteiger partial charge in [0.05, 0.1) is 11.7 Å². The highest BCUT2D eigenvalue weighted by Crippen LogP contribution is 2.35. The summed E-state index contributed by atoms with van der Waals surface area (Å²) in [5, 5.41) is 0. The number of hydrogen-bond acceptors (Lipinski definition) is 9. The maximum Gasteiger partial charge on any atom is 0.342 e. The van der Waals surface area contributed by atoms with Crippen LogP contribution < -0.4 is 10.5 Å². The largest absolute Gasteiger partial charge is 0.467 e. The van der Waals surface area contributed by atoms with Crippen molar-refractivity contribution in [1.82, 2.24) is 0 Å². The molecule has 0 bridgehead atoms. The fourth-order valence-corrected chi connectivity index (χ4v) is 4.66. The summed E-state index contributed by atoms with van der Waals surface area (Å²) in [5.41, 5.74) is 7.76. The minimum atomic E-state index is -0.899. The zero-order valence-electron chi connectivity index (χ0n) is 23.5. The second kappa shape index (κ2) is 12.7. The molecule has 2 aromatic carbocycles. The van der Waals surface area contributed by atoms with Crippen molar-refractivity contribution in [3.63, 3.8) is 0 Å². The van der Waals surface area contributed by atoms with Crippen LogP contribution in [-0.4, -0.2) is 56.0 Å². The third-order valence-corrected chi connectivity index (χ3v) is 6.79. The third kappa shape index (κ3) is 7.10. The molecule has 0 aromatic heterocycles. The molecule has 2 aliphatic rings. The molecule has 40 heavy (non-hydrogen) atoms. The van der Waals surface area contributed by atoms with Crippen LogP contribution in [-0.2, 0) is 23.7 Å². The summed E-state index contributed by atoms with van der Waals surface area (Å²) in [4.78, 5) is 26.4. The maximum atomic E-state index is 13.4. The number of ether oxygens (including phenoxy) is 6. The molecule has 214 valence electrons. The molecule has 1 fully saturated rings. The Labute approximate surface area is 234 Å². The van der Waals surface area contributed by atoms with Gasteiger partial charge in [0.2, 0.25) is 0 Å². The standard InChI is InChI=1S/C31H37NO8/c1-19-14-15-24(38-29(33)21-10-7-6-8-11-21)28-25(39-31(3,4)40-28)13-9-12-22-16-23(32)17-26(36-18-35-5)27(22)30(34)37-20(19)2/h6-12,14-17,19-20,24-25,28H,13,18,32H2,1-5H3/b12-9?,15-14-/t19-,20+,24?,25+,28?/m1/s1. The first-order chi connectivity index (χ1) is 19.1. The van der Waals surface area contributed by atoms with E-state index in [1.165, 1.54) is 7.11 Å². The summed E-state index contributed by atoms with van der Waals surface area (Å²) in [6.07, 6.45) is 5.40. The monoisotopic (exact) mass is 551 g/mol. The fraction of sp³-hybridized carbons (Fsp3) is 0.419. The lowest BCUT2D eigenvalue weighted by atomic mass is 9.98. The van der Waals surface area contributed by atoms with E-state index in [2.05, 4.69) is 0 Å². The van der Waals surface area contributed by atoms with E-state index in [4.69, 9.17) is 34.2 Å². The van der Waals surface area contributed by atoms with Gasteiger partial charge >= 0.3 is 11.9 Å². The SMILES string of the molecule is COCOc1cc(N)cc2c1C(=O)O[C@@H](C)[C@H](C)/C=C\C(OC(=O)c1ccccc1)C1OC(C)(C)O[C@H]1CC=C2. The Balaban J connectivity index is 1.73. The lowest BCUT2D eigenvalue weighted by Gasteiger charge is -2.25. The van der Waals surface area contributed by atoms with Gasteiger partial charge in [-0.2, -0.15) is 0 Å². The van der Waals surface area contributed by atoms with Gasteiger partial charge in [0.25, 0.3) is 0 Å². The van der Waals surface area contributed by atoms with Gasteiger partial charge in [-0.1, -0.05) is 43.4 Å². The highest BCUT2D eigenvalue weighted by molar-refractivity contribution is 5.97. The van der Waals surface area contributed by atoms with E-state index in [0.717, 1.165) is 0 Å². The number of carbonyl (C=O) groups is 2. The Morgan fingerprint density at radius 3 is 2.58 bits per heavy atom. The topological polar surface area (TPSA) is 116 Å². The molecule has 9 heteroatoms. The minimum Gasteiger partial charge on any atom is -0.467 e. The normalized spacial score (nSPS) is 27.0. The first kappa shape index (κ1) is 29.3. The quantitative estimate of drug-likeness (QED) is 0.233. The average molecular weight is 552 g/mol. The number of rotatable bonds is 5. The number of anilines is 1. The number of fused-ring (bicyclic) bond motifs is 2. The molecule has 0 saturated carbocycles. The first-order valence-corrected chi connectivity index (χ1v) is 13.3. The highest BCUT2D eigenvalue weighted by Gasteiger charge is 2.45. The van der Waals surface area contributed by atoms with Crippen molar-refractivity contribution in [2.24, 2.45) is 5.92 Å². The van der Waals surface area contributed by atoms with Crippen molar-refractivity contribution in [1.29, 1.82) is 0 Å². The lowest BCUT2D eigenvalue weighted by Crippen LogP contribution is -2.37. The van der Waals surface area contributed by atoms with Gasteiger partial charge in [-0.15, -0.1) is 0 Å². The van der Waals surface area contributed by atoms with Crippen LogP contribution in [0.4, 0.5) is 5.69 Å². The van der Waals surface area contributed by atoms with Crippen LogP contribution in [0.1, 0.15) is 60.4 Å². The summed E-state index contributed by atoms with van der Waals surface area (Å²) in [5.74, 6) is -1.89. The number of cyclic esters (lactones) is 1. The van der Waals surface area contributed by atoms with E-state index in [-0.39, 0.29) is 24.0 Å². The number of nitrogen functional groups attached to an aromatic ring is 1. The van der Waals surface area contributed by atoms with Crippen molar-refractivity contribution < 1.29 is 38.0 Å². The third-order valence-electron chi connectivity index (χ3n) is 6.79. The van der Waals surface area contributed by atoms with E-state index in [1.54, 1.807) is 55.5 Å². The molecule has 4 rings (SSSR count). The number of nitrogens with two attached hydrogens (primary N) is 1. The first-order valence-electron chi connectivity index (χ1n) is 13.3. The second-order valence-electron chi connectivity index (χ2n) is 10.4. The van der Waals surface area contributed by atoms with Crippen LogP contribution >= 0.6 is 0 Å². The smallest absolute Gasteiger partial charge is 0.342 e. The van der Waals surface area contributed by atoms with E-state index in [1.807, 2.05) is 39.0 Å². The Morgan fingerprint density at radius 1 is 1.10 bits per heavy atom. The van der Waals surface area contributed by atoms with Crippen molar-refractivity contribution in [2.45, 2.75) is 64.3 Å². The number of esters is 2. The average Bonchev–Trinajstić information content (AvgIpc) is 3.22. The zero-order valence-corrected chi connectivity index (χ0v) is 23.5. The zero-order chi connectivity index (χ0) is 28.9. The van der Waals surface area contributed by atoms with Crippen LogP contribution in [0.5, 0.6) is 5.75 Å². The minimum absolute atomic E-state index is 0.0608. The molecular weight excluding hydrogens is 514 g/mol. The van der Waals surface area contributed by atoms with Crippen molar-refractivity contribution >= 4 is 23.7 Å². The van der Waals surface area contributed by atoms with Gasteiger partial charge in [-0.25, -0.2) is 9.59 Å². The van der Waals surface area contributed by atoms with Crippen molar-refractivity contribution in [2.75, 3.05) is 19.6 Å². The van der Waals surface area contributed by atoms with Crippen LogP contribution in [0.15, 0.2) is 60.7 Å². The van der Waals surface area contributed by atoms with Crippen LogP contribution in [0.3, 0.4) is 0 Å². The predicted molar refractivity (Wildman–Crippen MR) is 150 cm³/mol. The molecule has 0 amide bonds. The van der Waals surface area contributed by atoms with Crippen LogP contribution in [0, 0.1) is 5.92 Å². The van der Waals surface area contributed by atoms with Crippen LogP contribution in [0.2, 0.25) is 0 Å². The molecule has 0 spiro atoms. The number of hydrogen-bond donors (Lipinski definition) is 1.